The molecule has 3 heterocycles. The topological polar surface area (TPSA) is 74.2 Å². The van der Waals surface area contributed by atoms with Gasteiger partial charge in [-0.3, -0.25) is 9.48 Å². The van der Waals surface area contributed by atoms with Crippen molar-refractivity contribution >= 4 is 16.8 Å². The van der Waals surface area contributed by atoms with Crippen molar-refractivity contribution in [1.82, 2.24) is 19.7 Å². The third kappa shape index (κ3) is 3.01. The first-order valence-corrected chi connectivity index (χ1v) is 9.11. The van der Waals surface area contributed by atoms with Gasteiger partial charge < -0.3 is 15.0 Å². The maximum Gasteiger partial charge on any atom is 0.227 e. The molecule has 1 aromatic carbocycles. The zero-order valence-corrected chi connectivity index (χ0v) is 15.2. The molecule has 1 aliphatic rings. The first kappa shape index (κ1) is 16.8. The van der Waals surface area contributed by atoms with E-state index in [9.17, 15) is 9.90 Å². The van der Waals surface area contributed by atoms with Crippen molar-refractivity contribution in [2.24, 2.45) is 0 Å². The normalized spacial score (nSPS) is 15.7. The number of benzene rings is 1. The number of carbonyl (C=O) groups excluding carboxylic acids is 1. The lowest BCUT2D eigenvalue weighted by Crippen LogP contribution is -2.32. The lowest BCUT2D eigenvalue weighted by molar-refractivity contribution is -0.131. The number of aliphatic hydroxyl groups excluding tert-OH is 1. The molecule has 4 rings (SSSR count). The van der Waals surface area contributed by atoms with Gasteiger partial charge in [-0.25, -0.2) is 0 Å². The third-order valence-electron chi connectivity index (χ3n) is 5.17. The fraction of sp³-hybridized carbons (Fsp3) is 0.400. The number of hydrogen-bond donors (Lipinski definition) is 2. The quantitative estimate of drug-likeness (QED) is 0.761. The van der Waals surface area contributed by atoms with Crippen LogP contribution in [0.15, 0.2) is 30.3 Å². The smallest absolute Gasteiger partial charge is 0.227 e. The minimum Gasteiger partial charge on any atom is -0.387 e. The van der Waals surface area contributed by atoms with E-state index in [0.717, 1.165) is 47.4 Å². The van der Waals surface area contributed by atoms with Crippen LogP contribution in [0.2, 0.25) is 0 Å². The van der Waals surface area contributed by atoms with E-state index >= 15 is 0 Å². The molecular weight excluding hydrogens is 328 g/mol. The highest BCUT2D eigenvalue weighted by Gasteiger charge is 2.23. The molecule has 0 aliphatic carbocycles. The lowest BCUT2D eigenvalue weighted by Gasteiger charge is -2.20. The monoisotopic (exact) mass is 352 g/mol. The maximum atomic E-state index is 13.0. The molecular formula is C20H24N4O2. The van der Waals surface area contributed by atoms with E-state index in [2.05, 4.69) is 16.1 Å². The third-order valence-corrected chi connectivity index (χ3v) is 5.17. The Morgan fingerprint density at radius 2 is 2.15 bits per heavy atom. The highest BCUT2D eigenvalue weighted by Crippen LogP contribution is 2.24. The average Bonchev–Trinajstić information content (AvgIpc) is 3.09. The summed E-state index contributed by atoms with van der Waals surface area (Å²) < 4.78 is 1.92. The number of fused-ring (bicyclic) bond motifs is 2. The number of aliphatic hydroxyl groups is 1. The molecule has 1 amide bonds. The number of nitrogens with one attached hydrogen (secondary N) is 1. The van der Waals surface area contributed by atoms with E-state index in [1.54, 1.807) is 6.92 Å². The Hall–Kier alpha value is -2.60. The number of amides is 1. The number of carbonyl (C=O) groups is 1. The minimum atomic E-state index is -0.590. The second-order valence-electron chi connectivity index (χ2n) is 7.08. The zero-order valence-electron chi connectivity index (χ0n) is 15.2. The van der Waals surface area contributed by atoms with Crippen LogP contribution in [0.5, 0.6) is 0 Å². The molecule has 0 radical (unpaired) electrons. The van der Waals surface area contributed by atoms with Crippen LogP contribution >= 0.6 is 0 Å². The van der Waals surface area contributed by atoms with Crippen LogP contribution in [0.4, 0.5) is 0 Å². The van der Waals surface area contributed by atoms with Crippen molar-refractivity contribution < 1.29 is 9.90 Å². The van der Waals surface area contributed by atoms with Gasteiger partial charge in [0, 0.05) is 29.7 Å². The van der Waals surface area contributed by atoms with Gasteiger partial charge in [0.1, 0.15) is 0 Å². The predicted octanol–water partition coefficient (Wildman–Crippen LogP) is 2.70. The van der Waals surface area contributed by atoms with Gasteiger partial charge in [0.2, 0.25) is 5.91 Å². The van der Waals surface area contributed by atoms with Gasteiger partial charge in [-0.05, 0) is 38.0 Å². The summed E-state index contributed by atoms with van der Waals surface area (Å²) in [5.41, 5.74) is 4.86. The van der Waals surface area contributed by atoms with Crippen molar-refractivity contribution in [3.63, 3.8) is 0 Å². The molecule has 0 saturated heterocycles. The number of nitrogens with zero attached hydrogens (tertiary/aromatic N) is 3. The van der Waals surface area contributed by atoms with Crippen LogP contribution in [-0.4, -0.2) is 37.2 Å². The molecule has 1 atom stereocenters. The highest BCUT2D eigenvalue weighted by molar-refractivity contribution is 5.90. The summed E-state index contributed by atoms with van der Waals surface area (Å²) in [5.74, 6) is 0.131. The minimum absolute atomic E-state index is 0.131. The second-order valence-corrected chi connectivity index (χ2v) is 7.08. The zero-order chi connectivity index (χ0) is 18.3. The Labute approximate surface area is 152 Å². The van der Waals surface area contributed by atoms with Crippen LogP contribution in [0, 0.1) is 6.92 Å². The van der Waals surface area contributed by atoms with E-state index < -0.39 is 6.10 Å². The van der Waals surface area contributed by atoms with Crippen molar-refractivity contribution in [2.45, 2.75) is 45.9 Å². The molecule has 136 valence electrons. The molecule has 2 aromatic heterocycles. The van der Waals surface area contributed by atoms with Crippen LogP contribution in [0.1, 0.15) is 42.1 Å². The fourth-order valence-electron chi connectivity index (χ4n) is 3.73. The Balaban J connectivity index is 1.56. The molecule has 0 fully saturated rings. The Morgan fingerprint density at radius 3 is 2.96 bits per heavy atom. The van der Waals surface area contributed by atoms with Gasteiger partial charge in [-0.15, -0.1) is 0 Å². The maximum absolute atomic E-state index is 13.0. The van der Waals surface area contributed by atoms with E-state index in [-0.39, 0.29) is 5.91 Å². The lowest BCUT2D eigenvalue weighted by atomic mass is 10.1. The number of aryl methyl sites for hydroxylation is 2. The SMILES string of the molecule is Cc1[nH]c2ccccc2c1CC(=O)N1CCCn2nc([C@H](C)O)cc2C1. The fourth-order valence-corrected chi connectivity index (χ4v) is 3.73. The Bertz CT molecular complexity index is 954. The number of hydrogen-bond acceptors (Lipinski definition) is 3. The summed E-state index contributed by atoms with van der Waals surface area (Å²) in [6.45, 7) is 5.78. The van der Waals surface area contributed by atoms with E-state index in [1.807, 2.05) is 40.8 Å². The molecule has 26 heavy (non-hydrogen) atoms. The van der Waals surface area contributed by atoms with Gasteiger partial charge in [0.15, 0.2) is 0 Å². The molecule has 3 aromatic rings. The number of H-pyrrole nitrogens is 1. The van der Waals surface area contributed by atoms with Gasteiger partial charge in [0.05, 0.1) is 30.5 Å². The summed E-state index contributed by atoms with van der Waals surface area (Å²) in [4.78, 5) is 18.3. The molecule has 1 aliphatic heterocycles. The highest BCUT2D eigenvalue weighted by atomic mass is 16.3. The summed E-state index contributed by atoms with van der Waals surface area (Å²) >= 11 is 0. The van der Waals surface area contributed by atoms with Gasteiger partial charge in [0.25, 0.3) is 0 Å². The van der Waals surface area contributed by atoms with E-state index in [0.29, 0.717) is 18.7 Å². The van der Waals surface area contributed by atoms with Crippen LogP contribution < -0.4 is 0 Å². The van der Waals surface area contributed by atoms with Crippen molar-refractivity contribution in [3.8, 4) is 0 Å². The molecule has 2 N–H and O–H groups in total. The summed E-state index contributed by atoms with van der Waals surface area (Å²) in [6, 6.07) is 10.0. The molecule has 0 unspecified atom stereocenters. The van der Waals surface area contributed by atoms with Crippen LogP contribution in [-0.2, 0) is 24.3 Å². The molecule has 6 heteroatoms. The standard InChI is InChI=1S/C20H24N4O2/c1-13-17(16-6-3-4-7-18(16)21-13)11-20(26)23-8-5-9-24-15(12-23)10-19(22-24)14(2)25/h3-4,6-7,10,14,21,25H,5,8-9,11-12H2,1-2H3/t14-/m0/s1. The van der Waals surface area contributed by atoms with E-state index in [4.69, 9.17) is 0 Å². The van der Waals surface area contributed by atoms with Gasteiger partial charge in [-0.2, -0.15) is 5.10 Å². The molecule has 0 bridgehead atoms. The van der Waals surface area contributed by atoms with Crippen molar-refractivity contribution in [3.05, 3.63) is 53.0 Å². The second kappa shape index (κ2) is 6.61. The average molecular weight is 352 g/mol. The van der Waals surface area contributed by atoms with Crippen LogP contribution in [0.3, 0.4) is 0 Å². The number of para-hydroxylation sites is 1. The molecule has 0 spiro atoms. The summed E-state index contributed by atoms with van der Waals surface area (Å²) in [5, 5.41) is 15.3. The molecule has 0 saturated carbocycles. The van der Waals surface area contributed by atoms with Gasteiger partial charge >= 0.3 is 0 Å². The number of rotatable bonds is 3. The first-order chi connectivity index (χ1) is 12.5. The van der Waals surface area contributed by atoms with Crippen LogP contribution in [0.25, 0.3) is 10.9 Å². The summed E-state index contributed by atoms with van der Waals surface area (Å²) in [7, 11) is 0. The summed E-state index contributed by atoms with van der Waals surface area (Å²) in [6.07, 6.45) is 0.673. The van der Waals surface area contributed by atoms with Crippen molar-refractivity contribution in [2.75, 3.05) is 6.54 Å². The van der Waals surface area contributed by atoms with Crippen molar-refractivity contribution in [1.29, 1.82) is 0 Å². The number of aromatic amines is 1. The first-order valence-electron chi connectivity index (χ1n) is 9.11. The Kier molecular flexibility index (Phi) is 4.28. The van der Waals surface area contributed by atoms with Gasteiger partial charge in [-0.1, -0.05) is 18.2 Å². The molecule has 6 nitrogen and oxygen atoms in total. The Morgan fingerprint density at radius 1 is 1.35 bits per heavy atom. The largest absolute Gasteiger partial charge is 0.387 e. The van der Waals surface area contributed by atoms with E-state index in [1.165, 1.54) is 0 Å². The predicted molar refractivity (Wildman–Crippen MR) is 99.6 cm³/mol. The number of aromatic nitrogens is 3.